The monoisotopic (exact) mass is 268 g/mol. The van der Waals surface area contributed by atoms with Crippen LogP contribution >= 0.6 is 11.3 Å². The number of nitro groups is 1. The lowest BCUT2D eigenvalue weighted by molar-refractivity contribution is -0.389. The molecule has 2 rings (SSSR count). The number of nitrogens with one attached hydrogen (secondary N) is 1. The van der Waals surface area contributed by atoms with Gasteiger partial charge in [-0.2, -0.15) is 9.38 Å². The summed E-state index contributed by atoms with van der Waals surface area (Å²) in [5.41, 5.74) is 0. The second kappa shape index (κ2) is 5.34. The van der Waals surface area contributed by atoms with Gasteiger partial charge < -0.3 is 15.4 Å². The molecule has 0 amide bonds. The van der Waals surface area contributed by atoms with E-state index in [9.17, 15) is 10.1 Å². The van der Waals surface area contributed by atoms with Crippen LogP contribution < -0.4 is 5.32 Å². The number of hydrogen-bond donors (Lipinski definition) is 1. The highest BCUT2D eigenvalue weighted by Gasteiger charge is 2.24. The Kier molecular flexibility index (Phi) is 3.81. The lowest BCUT2D eigenvalue weighted by Crippen LogP contribution is -2.19. The van der Waals surface area contributed by atoms with Crippen molar-refractivity contribution >= 4 is 27.9 Å². The summed E-state index contributed by atoms with van der Waals surface area (Å²) in [5, 5.41) is 16.1. The summed E-state index contributed by atoms with van der Waals surface area (Å²) in [6, 6.07) is 0.235. The van der Waals surface area contributed by atoms with E-state index in [4.69, 9.17) is 0 Å². The fourth-order valence-corrected chi connectivity index (χ4v) is 2.67. The fraction of sp³-hybridized carbons (Fsp3) is 0.545. The number of nitrogens with zero attached hydrogens (tertiary/aromatic N) is 3. The molecule has 6 nitrogen and oxygen atoms in total. The Hall–Kier alpha value is -1.63. The summed E-state index contributed by atoms with van der Waals surface area (Å²) in [6.45, 7) is 4.17. The van der Waals surface area contributed by atoms with Gasteiger partial charge in [-0.15, -0.1) is 0 Å². The number of anilines is 1. The largest absolute Gasteiger partial charge is 0.372 e. The molecule has 2 heterocycles. The molecule has 2 aromatic rings. The van der Waals surface area contributed by atoms with Gasteiger partial charge in [0.1, 0.15) is 6.20 Å². The van der Waals surface area contributed by atoms with Gasteiger partial charge >= 0.3 is 5.82 Å². The minimum atomic E-state index is -0.381. The molecule has 0 spiro atoms. The lowest BCUT2D eigenvalue weighted by Gasteiger charge is -2.14. The highest BCUT2D eigenvalue weighted by molar-refractivity contribution is 7.15. The molecular weight excluding hydrogens is 252 g/mol. The van der Waals surface area contributed by atoms with Gasteiger partial charge in [-0.05, 0) is 17.8 Å². The highest BCUT2D eigenvalue weighted by atomic mass is 32.1. The first-order valence-corrected chi connectivity index (χ1v) is 6.91. The quantitative estimate of drug-likeness (QED) is 0.644. The molecule has 1 unspecified atom stereocenters. The summed E-state index contributed by atoms with van der Waals surface area (Å²) in [7, 11) is 0. The number of thiazole rings is 1. The van der Waals surface area contributed by atoms with E-state index in [1.54, 1.807) is 11.6 Å². The zero-order valence-corrected chi connectivity index (χ0v) is 11.2. The maximum Gasteiger partial charge on any atom is 0.372 e. The second-order valence-electron chi connectivity index (χ2n) is 4.13. The topological polar surface area (TPSA) is 72.5 Å². The molecule has 0 fully saturated rings. The normalized spacial score (nSPS) is 12.8. The van der Waals surface area contributed by atoms with Crippen LogP contribution in [0.15, 0.2) is 11.6 Å². The Balaban J connectivity index is 2.34. The minimum Gasteiger partial charge on any atom is -0.360 e. The maximum atomic E-state index is 11.1. The molecule has 0 aliphatic rings. The Morgan fingerprint density at radius 3 is 3.00 bits per heavy atom. The number of imidazole rings is 1. The minimum absolute atomic E-state index is 0.0285. The highest BCUT2D eigenvalue weighted by Crippen LogP contribution is 2.29. The van der Waals surface area contributed by atoms with Crippen molar-refractivity contribution in [2.24, 2.45) is 0 Å². The number of fused-ring (bicyclic) bond motifs is 1. The average molecular weight is 268 g/mol. The summed E-state index contributed by atoms with van der Waals surface area (Å²) in [6.07, 6.45) is 4.63. The van der Waals surface area contributed by atoms with Crippen molar-refractivity contribution in [2.75, 3.05) is 5.32 Å². The first-order valence-electron chi connectivity index (χ1n) is 6.03. The van der Waals surface area contributed by atoms with Crippen LogP contribution in [0.2, 0.25) is 0 Å². The summed E-state index contributed by atoms with van der Waals surface area (Å²) in [5.74, 6) is 0.410. The molecule has 1 N–H and O–H groups in total. The number of rotatable bonds is 6. The predicted octanol–water partition coefficient (Wildman–Crippen LogP) is 3.29. The van der Waals surface area contributed by atoms with Crippen LogP contribution in [0.4, 0.5) is 11.6 Å². The van der Waals surface area contributed by atoms with Gasteiger partial charge in [-0.3, -0.25) is 0 Å². The van der Waals surface area contributed by atoms with Gasteiger partial charge in [0.05, 0.1) is 0 Å². The Bertz CT molecular complexity index is 548. The molecule has 0 saturated heterocycles. The van der Waals surface area contributed by atoms with Crippen LogP contribution in [0, 0.1) is 10.1 Å². The van der Waals surface area contributed by atoms with Gasteiger partial charge in [-0.25, -0.2) is 0 Å². The summed E-state index contributed by atoms with van der Waals surface area (Å²) < 4.78 is 1.52. The maximum absolute atomic E-state index is 11.1. The van der Waals surface area contributed by atoms with Crippen LogP contribution in [0.5, 0.6) is 0 Å². The third-order valence-corrected chi connectivity index (χ3v) is 3.64. The average Bonchev–Trinajstić information content (AvgIpc) is 2.87. The lowest BCUT2D eigenvalue weighted by atomic mass is 10.1. The van der Waals surface area contributed by atoms with Gasteiger partial charge in [0.25, 0.3) is 4.96 Å². The van der Waals surface area contributed by atoms with E-state index < -0.39 is 0 Å². The van der Waals surface area contributed by atoms with Crippen molar-refractivity contribution in [2.45, 2.75) is 39.2 Å². The van der Waals surface area contributed by atoms with Gasteiger partial charge in [-0.1, -0.05) is 31.6 Å². The number of aromatic nitrogens is 2. The van der Waals surface area contributed by atoms with Crippen molar-refractivity contribution in [3.63, 3.8) is 0 Å². The molecule has 98 valence electrons. The molecule has 0 aliphatic carbocycles. The fourth-order valence-electron chi connectivity index (χ4n) is 1.97. The van der Waals surface area contributed by atoms with Crippen molar-refractivity contribution in [1.82, 2.24) is 9.38 Å². The molecule has 0 saturated carbocycles. The molecular formula is C11H16N4O2S. The molecule has 7 heteroatoms. The first kappa shape index (κ1) is 12.8. The van der Waals surface area contributed by atoms with Gasteiger partial charge in [0.2, 0.25) is 5.82 Å². The van der Waals surface area contributed by atoms with Crippen molar-refractivity contribution < 1.29 is 4.92 Å². The SMILES string of the molecule is CCCC(CC)Nc1nc2sccn2c1[N+](=O)[O-]. The Morgan fingerprint density at radius 1 is 1.61 bits per heavy atom. The Labute approximate surface area is 109 Å². The van der Waals surface area contributed by atoms with E-state index in [-0.39, 0.29) is 16.8 Å². The standard InChI is InChI=1S/C11H16N4O2S/c1-3-5-8(4-2)12-9-10(15(16)17)14-6-7-18-11(14)13-9/h6-8,12H,3-5H2,1-2H3. The zero-order chi connectivity index (χ0) is 13.1. The number of hydrogen-bond acceptors (Lipinski definition) is 5. The van der Waals surface area contributed by atoms with E-state index in [1.807, 2.05) is 0 Å². The van der Waals surface area contributed by atoms with E-state index in [1.165, 1.54) is 15.7 Å². The van der Waals surface area contributed by atoms with Crippen LogP contribution in [0.1, 0.15) is 33.1 Å². The van der Waals surface area contributed by atoms with E-state index in [0.717, 1.165) is 19.3 Å². The smallest absolute Gasteiger partial charge is 0.360 e. The molecule has 0 radical (unpaired) electrons. The molecule has 0 aromatic carbocycles. The van der Waals surface area contributed by atoms with Crippen LogP contribution in [0.25, 0.3) is 4.96 Å². The summed E-state index contributed by atoms with van der Waals surface area (Å²) >= 11 is 1.40. The first-order chi connectivity index (χ1) is 8.67. The predicted molar refractivity (Wildman–Crippen MR) is 72.3 cm³/mol. The van der Waals surface area contributed by atoms with E-state index in [0.29, 0.717) is 10.8 Å². The molecule has 0 aliphatic heterocycles. The zero-order valence-electron chi connectivity index (χ0n) is 10.4. The van der Waals surface area contributed by atoms with Gasteiger partial charge in [0, 0.05) is 11.4 Å². The van der Waals surface area contributed by atoms with Gasteiger partial charge in [0.15, 0.2) is 0 Å². The van der Waals surface area contributed by atoms with Crippen LogP contribution in [0.3, 0.4) is 0 Å². The van der Waals surface area contributed by atoms with Crippen molar-refractivity contribution in [3.8, 4) is 0 Å². The third-order valence-electron chi connectivity index (χ3n) is 2.88. The molecule has 2 aromatic heterocycles. The van der Waals surface area contributed by atoms with Crippen molar-refractivity contribution in [1.29, 1.82) is 0 Å². The van der Waals surface area contributed by atoms with Crippen LogP contribution in [-0.2, 0) is 0 Å². The molecule has 0 bridgehead atoms. The van der Waals surface area contributed by atoms with Crippen molar-refractivity contribution in [3.05, 3.63) is 21.7 Å². The molecule has 18 heavy (non-hydrogen) atoms. The van der Waals surface area contributed by atoms with Crippen LogP contribution in [-0.4, -0.2) is 20.3 Å². The second-order valence-corrected chi connectivity index (χ2v) is 5.01. The third kappa shape index (κ3) is 2.31. The molecule has 1 atom stereocenters. The van der Waals surface area contributed by atoms with E-state index in [2.05, 4.69) is 24.1 Å². The summed E-state index contributed by atoms with van der Waals surface area (Å²) in [4.78, 5) is 15.7. The van der Waals surface area contributed by atoms with E-state index >= 15 is 0 Å². The Morgan fingerprint density at radius 2 is 2.39 bits per heavy atom.